The van der Waals surface area contributed by atoms with E-state index in [0.29, 0.717) is 17.3 Å². The zero-order chi connectivity index (χ0) is 29.4. The van der Waals surface area contributed by atoms with E-state index < -0.39 is 0 Å². The second-order valence-electron chi connectivity index (χ2n) is 11.9. The molecule has 0 radical (unpaired) electrons. The summed E-state index contributed by atoms with van der Waals surface area (Å²) in [6.45, 7) is 10.1. The van der Waals surface area contributed by atoms with Crippen LogP contribution in [0.2, 0.25) is 0 Å². The van der Waals surface area contributed by atoms with Gasteiger partial charge in [-0.15, -0.1) is 0 Å². The van der Waals surface area contributed by atoms with Crippen molar-refractivity contribution in [2.75, 3.05) is 28.6 Å². The van der Waals surface area contributed by atoms with Crippen molar-refractivity contribution < 1.29 is 4.79 Å². The number of anilines is 4. The number of pyridine rings is 1. The lowest BCUT2D eigenvalue weighted by Gasteiger charge is -2.19. The highest BCUT2D eigenvalue weighted by atomic mass is 16.1. The molecule has 1 fully saturated rings. The summed E-state index contributed by atoms with van der Waals surface area (Å²) < 4.78 is 1.99. The van der Waals surface area contributed by atoms with Crippen molar-refractivity contribution in [3.05, 3.63) is 96.1 Å². The molecule has 4 heterocycles. The van der Waals surface area contributed by atoms with Crippen molar-refractivity contribution in [2.24, 2.45) is 5.73 Å². The Bertz CT molecular complexity index is 1750. The van der Waals surface area contributed by atoms with E-state index in [2.05, 4.69) is 58.4 Å². The van der Waals surface area contributed by atoms with Crippen LogP contribution in [0.5, 0.6) is 0 Å². The van der Waals surface area contributed by atoms with Gasteiger partial charge in [0, 0.05) is 60.7 Å². The lowest BCUT2D eigenvalue weighted by molar-refractivity contribution is 0.102. The lowest BCUT2D eigenvalue weighted by Crippen LogP contribution is -2.27. The van der Waals surface area contributed by atoms with Gasteiger partial charge in [0.15, 0.2) is 5.65 Å². The number of fused-ring (bicyclic) bond motifs is 1. The maximum atomic E-state index is 13.2. The Kier molecular flexibility index (Phi) is 7.12. The predicted molar refractivity (Wildman–Crippen MR) is 169 cm³/mol. The Morgan fingerprint density at radius 2 is 1.83 bits per heavy atom. The van der Waals surface area contributed by atoms with Gasteiger partial charge >= 0.3 is 0 Å². The summed E-state index contributed by atoms with van der Waals surface area (Å²) in [5.74, 6) is 1.20. The van der Waals surface area contributed by atoms with Gasteiger partial charge in [0.2, 0.25) is 5.95 Å². The first kappa shape index (κ1) is 27.4. The highest BCUT2D eigenvalue weighted by Crippen LogP contribution is 2.33. The van der Waals surface area contributed by atoms with Crippen LogP contribution in [0.15, 0.2) is 79.4 Å². The highest BCUT2D eigenvalue weighted by Gasteiger charge is 2.22. The molecular formula is C33H36N8O. The van der Waals surface area contributed by atoms with Gasteiger partial charge in [0.1, 0.15) is 5.82 Å². The molecule has 4 N–H and O–H groups in total. The van der Waals surface area contributed by atoms with Gasteiger partial charge in [-0.2, -0.15) is 4.98 Å². The van der Waals surface area contributed by atoms with E-state index in [0.717, 1.165) is 53.2 Å². The van der Waals surface area contributed by atoms with Crippen molar-refractivity contribution in [2.45, 2.75) is 45.6 Å². The molecule has 5 aromatic rings. The molecule has 42 heavy (non-hydrogen) atoms. The number of carbonyl (C=O) groups is 1. The fourth-order valence-corrected chi connectivity index (χ4v) is 5.35. The molecule has 1 saturated heterocycles. The lowest BCUT2D eigenvalue weighted by atomic mass is 9.86. The number of nitrogens with two attached hydrogens (primary N) is 1. The van der Waals surface area contributed by atoms with Crippen molar-refractivity contribution in [1.29, 1.82) is 0 Å². The highest BCUT2D eigenvalue weighted by molar-refractivity contribution is 6.05. The molecule has 1 unspecified atom stereocenters. The molecule has 0 saturated carbocycles. The van der Waals surface area contributed by atoms with E-state index in [4.69, 9.17) is 10.7 Å². The first-order valence-corrected chi connectivity index (χ1v) is 14.2. The summed E-state index contributed by atoms with van der Waals surface area (Å²) in [6.07, 6.45) is 8.43. The van der Waals surface area contributed by atoms with E-state index in [9.17, 15) is 4.79 Å². The number of amides is 1. The zero-order valence-corrected chi connectivity index (χ0v) is 24.4. The zero-order valence-electron chi connectivity index (χ0n) is 24.4. The van der Waals surface area contributed by atoms with E-state index in [1.165, 1.54) is 5.56 Å². The third-order valence-corrected chi connectivity index (χ3v) is 7.81. The fraction of sp³-hybridized carbons (Fsp3) is 0.273. The van der Waals surface area contributed by atoms with Crippen LogP contribution >= 0.6 is 0 Å². The van der Waals surface area contributed by atoms with Gasteiger partial charge in [-0.05, 0) is 65.8 Å². The Morgan fingerprint density at radius 3 is 2.57 bits per heavy atom. The van der Waals surface area contributed by atoms with Crippen LogP contribution in [0.3, 0.4) is 0 Å². The summed E-state index contributed by atoms with van der Waals surface area (Å²) >= 11 is 0. The molecule has 1 aliphatic heterocycles. The quantitative estimate of drug-likeness (QED) is 0.236. The minimum atomic E-state index is -0.137. The van der Waals surface area contributed by atoms with Gasteiger partial charge in [-0.1, -0.05) is 45.0 Å². The molecular weight excluding hydrogens is 524 g/mol. The smallest absolute Gasteiger partial charge is 0.255 e. The molecule has 0 aliphatic carbocycles. The molecule has 1 aliphatic rings. The maximum absolute atomic E-state index is 13.2. The number of hydrogen-bond donors (Lipinski definition) is 3. The van der Waals surface area contributed by atoms with Gasteiger partial charge in [0.05, 0.1) is 5.69 Å². The van der Waals surface area contributed by atoms with Crippen LogP contribution in [0.4, 0.5) is 23.1 Å². The minimum absolute atomic E-state index is 0.0295. The van der Waals surface area contributed by atoms with Crippen LogP contribution in [0.1, 0.15) is 48.7 Å². The van der Waals surface area contributed by atoms with Gasteiger partial charge < -0.3 is 25.7 Å². The number of carbonyl (C=O) groups excluding carboxylic acids is 1. The van der Waals surface area contributed by atoms with Gasteiger partial charge in [-0.25, -0.2) is 9.97 Å². The average molecular weight is 561 g/mol. The predicted octanol–water partition coefficient (Wildman–Crippen LogP) is 5.93. The van der Waals surface area contributed by atoms with Crippen LogP contribution < -0.4 is 21.3 Å². The third-order valence-electron chi connectivity index (χ3n) is 7.81. The Balaban J connectivity index is 1.28. The van der Waals surface area contributed by atoms with E-state index >= 15 is 0 Å². The summed E-state index contributed by atoms with van der Waals surface area (Å²) in [6, 6.07) is 17.8. The molecule has 9 nitrogen and oxygen atoms in total. The summed E-state index contributed by atoms with van der Waals surface area (Å²) in [7, 11) is 0. The maximum Gasteiger partial charge on any atom is 0.255 e. The molecule has 1 atom stereocenters. The Labute approximate surface area is 245 Å². The Hall–Kier alpha value is -4.76. The molecule has 3 aromatic heterocycles. The normalized spacial score (nSPS) is 15.3. The molecule has 0 bridgehead atoms. The van der Waals surface area contributed by atoms with Gasteiger partial charge in [-0.3, -0.25) is 4.79 Å². The molecule has 9 heteroatoms. The second kappa shape index (κ2) is 10.9. The second-order valence-corrected chi connectivity index (χ2v) is 11.9. The summed E-state index contributed by atoms with van der Waals surface area (Å²) in [5.41, 5.74) is 13.3. The Morgan fingerprint density at radius 1 is 1.02 bits per heavy atom. The van der Waals surface area contributed by atoms with Crippen molar-refractivity contribution in [3.63, 3.8) is 0 Å². The number of nitrogens with zero attached hydrogens (tertiary/aromatic N) is 5. The van der Waals surface area contributed by atoms with Crippen LogP contribution in [-0.4, -0.2) is 44.4 Å². The third kappa shape index (κ3) is 5.56. The van der Waals surface area contributed by atoms with E-state index in [-0.39, 0.29) is 17.4 Å². The first-order valence-electron chi connectivity index (χ1n) is 14.2. The van der Waals surface area contributed by atoms with Crippen molar-refractivity contribution >= 4 is 34.7 Å². The van der Waals surface area contributed by atoms with Crippen molar-refractivity contribution in [1.82, 2.24) is 19.4 Å². The number of hydrogen-bond acceptors (Lipinski definition) is 7. The van der Waals surface area contributed by atoms with Crippen LogP contribution in [0, 0.1) is 6.92 Å². The van der Waals surface area contributed by atoms with Crippen molar-refractivity contribution in [3.8, 4) is 11.1 Å². The average Bonchev–Trinajstić information content (AvgIpc) is 3.63. The largest absolute Gasteiger partial charge is 0.339 e. The van der Waals surface area contributed by atoms with Crippen LogP contribution in [0.25, 0.3) is 16.8 Å². The molecule has 214 valence electrons. The molecule has 6 rings (SSSR count). The molecule has 2 aromatic carbocycles. The number of nitrogens with one attached hydrogen (secondary N) is 2. The fourth-order valence-electron chi connectivity index (χ4n) is 5.35. The number of benzene rings is 2. The summed E-state index contributed by atoms with van der Waals surface area (Å²) in [4.78, 5) is 29.0. The number of aromatic nitrogens is 4. The number of rotatable bonds is 6. The standard InChI is InChI=1S/C33H36N8O/c1-21-26(6-5-7-27(21)38-31(42)22-8-10-24(11-9-22)33(2,3)4)23-18-28(30-35-15-17-40(30)19-23)37-29-12-14-36-32(39-29)41-16-13-25(34)20-41/h5-12,14-15,17-19,25H,13,16,20,34H2,1-4H3,(H,38,42)(H,36,37,39). The SMILES string of the molecule is Cc1c(NC(=O)c2ccc(C(C)(C)C)cc2)cccc1-c1cc(Nc2ccnc(N3CCC(N)C3)n2)c2nccn2c1. The molecule has 1 amide bonds. The van der Waals surface area contributed by atoms with Crippen LogP contribution in [-0.2, 0) is 5.41 Å². The summed E-state index contributed by atoms with van der Waals surface area (Å²) in [5, 5.41) is 6.57. The van der Waals surface area contributed by atoms with Gasteiger partial charge in [0.25, 0.3) is 5.91 Å². The van der Waals surface area contributed by atoms with E-state index in [1.54, 1.807) is 12.4 Å². The minimum Gasteiger partial charge on any atom is -0.339 e. The molecule has 0 spiro atoms. The topological polar surface area (TPSA) is 113 Å². The first-order chi connectivity index (χ1) is 20.2. The number of imidazole rings is 1. The van der Waals surface area contributed by atoms with E-state index in [1.807, 2.05) is 66.2 Å². The monoisotopic (exact) mass is 560 g/mol.